The third-order valence-electron chi connectivity index (χ3n) is 5.37. The maximum absolute atomic E-state index is 12.9. The van der Waals surface area contributed by atoms with Gasteiger partial charge in [-0.3, -0.25) is 9.10 Å². The predicted molar refractivity (Wildman–Crippen MR) is 113 cm³/mol. The summed E-state index contributed by atoms with van der Waals surface area (Å²) in [6.45, 7) is 6.42. The molecule has 2 aromatic carbocycles. The molecule has 0 radical (unpaired) electrons. The van der Waals surface area contributed by atoms with Crippen molar-refractivity contribution in [2.45, 2.75) is 46.1 Å². The standard InChI is InChI=1S/C22H28N2O3S/c1-4-20(19-10-6-5-9-16(19)2)23-22(25)18-12-11-17(3)21(15-18)24-13-7-8-14-28(24,26)27/h5-6,9-12,15,20H,4,7-8,13-14H2,1-3H3,(H,23,25)/t20-/m1/s1. The Hall–Kier alpha value is -2.34. The van der Waals surface area contributed by atoms with Crippen LogP contribution in [-0.2, 0) is 10.0 Å². The van der Waals surface area contributed by atoms with Crippen LogP contribution in [0.1, 0.15) is 59.3 Å². The molecule has 1 aliphatic heterocycles. The molecule has 1 N–H and O–H groups in total. The van der Waals surface area contributed by atoms with Crippen molar-refractivity contribution in [2.24, 2.45) is 0 Å². The van der Waals surface area contributed by atoms with Crippen LogP contribution in [0.3, 0.4) is 0 Å². The van der Waals surface area contributed by atoms with Crippen molar-refractivity contribution < 1.29 is 13.2 Å². The normalized spacial score (nSPS) is 17.2. The van der Waals surface area contributed by atoms with E-state index in [0.717, 1.165) is 29.5 Å². The second-order valence-electron chi connectivity index (χ2n) is 7.39. The highest BCUT2D eigenvalue weighted by molar-refractivity contribution is 7.92. The lowest BCUT2D eigenvalue weighted by molar-refractivity contribution is 0.0935. The van der Waals surface area contributed by atoms with E-state index in [2.05, 4.69) is 5.32 Å². The molecule has 0 aromatic heterocycles. The fourth-order valence-electron chi connectivity index (χ4n) is 3.70. The maximum Gasteiger partial charge on any atom is 0.251 e. The van der Waals surface area contributed by atoms with Crippen LogP contribution in [0.5, 0.6) is 0 Å². The van der Waals surface area contributed by atoms with Crippen molar-refractivity contribution in [1.82, 2.24) is 5.32 Å². The van der Waals surface area contributed by atoms with Crippen LogP contribution >= 0.6 is 0 Å². The summed E-state index contributed by atoms with van der Waals surface area (Å²) in [5, 5.41) is 3.10. The number of hydrogen-bond acceptors (Lipinski definition) is 3. The minimum absolute atomic E-state index is 0.0860. The van der Waals surface area contributed by atoms with Crippen molar-refractivity contribution in [3.63, 3.8) is 0 Å². The number of carbonyl (C=O) groups is 1. The SMILES string of the molecule is CC[C@@H](NC(=O)c1ccc(C)c(N2CCCCS2(=O)=O)c1)c1ccccc1C. The fraction of sp³-hybridized carbons (Fsp3) is 0.409. The molecule has 5 nitrogen and oxygen atoms in total. The zero-order valence-corrected chi connectivity index (χ0v) is 17.6. The third-order valence-corrected chi connectivity index (χ3v) is 7.22. The van der Waals surface area contributed by atoms with E-state index in [0.29, 0.717) is 24.2 Å². The van der Waals surface area contributed by atoms with Gasteiger partial charge in [0.25, 0.3) is 5.91 Å². The number of anilines is 1. The van der Waals surface area contributed by atoms with E-state index in [-0.39, 0.29) is 17.7 Å². The first-order valence-electron chi connectivity index (χ1n) is 9.81. The summed E-state index contributed by atoms with van der Waals surface area (Å²) >= 11 is 0. The van der Waals surface area contributed by atoms with Gasteiger partial charge >= 0.3 is 0 Å². The lowest BCUT2D eigenvalue weighted by Crippen LogP contribution is -2.38. The Morgan fingerprint density at radius 2 is 1.86 bits per heavy atom. The summed E-state index contributed by atoms with van der Waals surface area (Å²) in [5.74, 6) is -0.0283. The van der Waals surface area contributed by atoms with Gasteiger partial charge in [-0.05, 0) is 61.9 Å². The molecule has 1 heterocycles. The van der Waals surface area contributed by atoms with Crippen LogP contribution in [-0.4, -0.2) is 26.6 Å². The summed E-state index contributed by atoms with van der Waals surface area (Å²) < 4.78 is 26.4. The van der Waals surface area contributed by atoms with E-state index in [1.165, 1.54) is 4.31 Å². The van der Waals surface area contributed by atoms with E-state index >= 15 is 0 Å². The highest BCUT2D eigenvalue weighted by Crippen LogP contribution is 2.28. The van der Waals surface area contributed by atoms with E-state index in [1.54, 1.807) is 12.1 Å². The minimum Gasteiger partial charge on any atom is -0.345 e. The Morgan fingerprint density at radius 3 is 2.54 bits per heavy atom. The topological polar surface area (TPSA) is 66.5 Å². The van der Waals surface area contributed by atoms with Gasteiger partial charge in [0.1, 0.15) is 0 Å². The number of nitrogens with one attached hydrogen (secondary N) is 1. The third kappa shape index (κ3) is 4.22. The van der Waals surface area contributed by atoms with Crippen LogP contribution in [0, 0.1) is 13.8 Å². The van der Waals surface area contributed by atoms with Crippen LogP contribution in [0.2, 0.25) is 0 Å². The lowest BCUT2D eigenvalue weighted by atomic mass is 9.99. The Bertz CT molecular complexity index is 969. The molecule has 150 valence electrons. The van der Waals surface area contributed by atoms with Crippen molar-refractivity contribution in [3.8, 4) is 0 Å². The number of hydrogen-bond donors (Lipinski definition) is 1. The maximum atomic E-state index is 12.9. The number of benzene rings is 2. The van der Waals surface area contributed by atoms with E-state index < -0.39 is 10.0 Å². The zero-order valence-electron chi connectivity index (χ0n) is 16.7. The number of aryl methyl sites for hydroxylation is 2. The first-order chi connectivity index (χ1) is 13.3. The molecule has 0 unspecified atom stereocenters. The zero-order chi connectivity index (χ0) is 20.3. The van der Waals surface area contributed by atoms with Crippen LogP contribution < -0.4 is 9.62 Å². The Balaban J connectivity index is 1.87. The number of amides is 1. The Kier molecular flexibility index (Phi) is 6.08. The van der Waals surface area contributed by atoms with Gasteiger partial charge in [-0.25, -0.2) is 8.42 Å². The van der Waals surface area contributed by atoms with Crippen molar-refractivity contribution >= 4 is 21.6 Å². The average molecular weight is 401 g/mol. The molecule has 1 amide bonds. The second-order valence-corrected chi connectivity index (χ2v) is 9.40. The molecule has 0 saturated carbocycles. The van der Waals surface area contributed by atoms with Crippen molar-refractivity contribution in [1.29, 1.82) is 0 Å². The van der Waals surface area contributed by atoms with Crippen LogP contribution in [0.25, 0.3) is 0 Å². The first-order valence-corrected chi connectivity index (χ1v) is 11.4. The molecule has 6 heteroatoms. The summed E-state index contributed by atoms with van der Waals surface area (Å²) in [5.41, 5.74) is 4.18. The monoisotopic (exact) mass is 400 g/mol. The highest BCUT2D eigenvalue weighted by Gasteiger charge is 2.28. The van der Waals surface area contributed by atoms with Crippen molar-refractivity contribution in [3.05, 3.63) is 64.7 Å². The molecule has 3 rings (SSSR count). The van der Waals surface area contributed by atoms with Gasteiger partial charge in [0.2, 0.25) is 10.0 Å². The molecule has 2 aromatic rings. The Labute approximate surface area is 167 Å². The smallest absolute Gasteiger partial charge is 0.251 e. The van der Waals surface area contributed by atoms with Gasteiger partial charge in [0.05, 0.1) is 17.5 Å². The number of nitrogens with zero attached hydrogens (tertiary/aromatic N) is 1. The van der Waals surface area contributed by atoms with Crippen molar-refractivity contribution in [2.75, 3.05) is 16.6 Å². The predicted octanol–water partition coefficient (Wildman–Crippen LogP) is 4.11. The molecule has 1 aliphatic rings. The summed E-state index contributed by atoms with van der Waals surface area (Å²) in [6, 6.07) is 13.2. The number of sulfonamides is 1. The molecule has 28 heavy (non-hydrogen) atoms. The highest BCUT2D eigenvalue weighted by atomic mass is 32.2. The van der Waals surface area contributed by atoms with E-state index in [9.17, 15) is 13.2 Å². The first kappa shape index (κ1) is 20.4. The molecule has 1 fully saturated rings. The van der Waals surface area contributed by atoms with Gasteiger partial charge in [-0.2, -0.15) is 0 Å². The van der Waals surface area contributed by atoms with Crippen LogP contribution in [0.15, 0.2) is 42.5 Å². The Morgan fingerprint density at radius 1 is 1.11 bits per heavy atom. The second kappa shape index (κ2) is 8.35. The van der Waals surface area contributed by atoms with Gasteiger partial charge in [-0.1, -0.05) is 37.3 Å². The molecule has 1 atom stereocenters. The summed E-state index contributed by atoms with van der Waals surface area (Å²) in [6.07, 6.45) is 2.29. The largest absolute Gasteiger partial charge is 0.345 e. The quantitative estimate of drug-likeness (QED) is 0.821. The molecule has 1 saturated heterocycles. The van der Waals surface area contributed by atoms with Gasteiger partial charge < -0.3 is 5.32 Å². The average Bonchev–Trinajstić information content (AvgIpc) is 2.67. The molecule has 0 bridgehead atoms. The lowest BCUT2D eigenvalue weighted by Gasteiger charge is -2.30. The molecule has 0 spiro atoms. The summed E-state index contributed by atoms with van der Waals surface area (Å²) in [7, 11) is -3.32. The minimum atomic E-state index is -3.32. The van der Waals surface area contributed by atoms with Crippen LogP contribution in [0.4, 0.5) is 5.69 Å². The molecular formula is C22H28N2O3S. The molecular weight excluding hydrogens is 372 g/mol. The molecule has 0 aliphatic carbocycles. The summed E-state index contributed by atoms with van der Waals surface area (Å²) in [4.78, 5) is 12.9. The number of rotatable bonds is 5. The van der Waals surface area contributed by atoms with Gasteiger partial charge in [0.15, 0.2) is 0 Å². The fourth-order valence-corrected chi connectivity index (χ4v) is 5.39. The van der Waals surface area contributed by atoms with Gasteiger partial charge in [0, 0.05) is 12.1 Å². The number of carbonyl (C=O) groups excluding carboxylic acids is 1. The van der Waals surface area contributed by atoms with E-state index in [4.69, 9.17) is 0 Å². The van der Waals surface area contributed by atoms with Gasteiger partial charge in [-0.15, -0.1) is 0 Å². The van der Waals surface area contributed by atoms with E-state index in [1.807, 2.05) is 51.1 Å².